The second kappa shape index (κ2) is 8.83. The largest absolute Gasteiger partial charge is 0.295 e. The van der Waals surface area contributed by atoms with Crippen LogP contribution >= 0.6 is 34.8 Å². The van der Waals surface area contributed by atoms with E-state index in [1.165, 1.54) is 6.92 Å². The summed E-state index contributed by atoms with van der Waals surface area (Å²) in [6, 6.07) is 13.5. The molecule has 0 radical (unpaired) electrons. The van der Waals surface area contributed by atoms with Crippen molar-refractivity contribution in [1.29, 1.82) is 0 Å². The maximum absolute atomic E-state index is 10.9. The highest BCUT2D eigenvalue weighted by molar-refractivity contribution is 6.32. The van der Waals surface area contributed by atoms with Crippen molar-refractivity contribution in [3.8, 4) is 0 Å². The summed E-state index contributed by atoms with van der Waals surface area (Å²) in [5.41, 5.74) is 1.30. The lowest BCUT2D eigenvalue weighted by atomic mass is 10.2. The van der Waals surface area contributed by atoms with Gasteiger partial charge in [0.25, 0.3) is 0 Å². The molecule has 0 aliphatic heterocycles. The van der Waals surface area contributed by atoms with Crippen molar-refractivity contribution in [2.45, 2.75) is 6.92 Å². The van der Waals surface area contributed by atoms with Gasteiger partial charge in [-0.15, -0.1) is 11.6 Å². The summed E-state index contributed by atoms with van der Waals surface area (Å²) in [5, 5.41) is 1.28. The number of alkyl halides is 1. The van der Waals surface area contributed by atoms with E-state index in [9.17, 15) is 9.59 Å². The van der Waals surface area contributed by atoms with Crippen LogP contribution < -0.4 is 0 Å². The Morgan fingerprint density at radius 1 is 0.810 bits per heavy atom. The van der Waals surface area contributed by atoms with Gasteiger partial charge in [-0.1, -0.05) is 23.2 Å². The summed E-state index contributed by atoms with van der Waals surface area (Å²) >= 11 is 16.6. The molecular weight excluding hydrogens is 331 g/mol. The van der Waals surface area contributed by atoms with Crippen LogP contribution in [0.15, 0.2) is 48.5 Å². The molecule has 0 heterocycles. The first-order valence-electron chi connectivity index (χ1n) is 6.05. The molecule has 2 aromatic carbocycles. The zero-order valence-electron chi connectivity index (χ0n) is 11.3. The number of carbonyl (C=O) groups is 2. The molecule has 0 atom stereocenters. The Morgan fingerprint density at radius 3 is 1.52 bits per heavy atom. The molecule has 0 fully saturated rings. The summed E-state index contributed by atoms with van der Waals surface area (Å²) < 4.78 is 0. The molecule has 2 aromatic rings. The third-order valence-electron chi connectivity index (χ3n) is 2.54. The Morgan fingerprint density at radius 2 is 1.19 bits per heavy atom. The molecule has 2 nitrogen and oxygen atoms in total. The third-order valence-corrected chi connectivity index (χ3v) is 3.29. The first-order chi connectivity index (χ1) is 9.93. The monoisotopic (exact) mass is 342 g/mol. The van der Waals surface area contributed by atoms with Crippen LogP contribution in [-0.2, 0) is 0 Å². The van der Waals surface area contributed by atoms with Crippen LogP contribution in [0.2, 0.25) is 10.0 Å². The molecule has 21 heavy (non-hydrogen) atoms. The molecule has 5 heteroatoms. The summed E-state index contributed by atoms with van der Waals surface area (Å²) in [4.78, 5) is 21.7. The van der Waals surface area contributed by atoms with Gasteiger partial charge in [0.1, 0.15) is 0 Å². The molecule has 2 rings (SSSR count). The molecule has 0 saturated carbocycles. The van der Waals surface area contributed by atoms with Gasteiger partial charge in [-0.2, -0.15) is 0 Å². The Hall–Kier alpha value is -1.35. The standard InChI is InChI=1S/C8H6Cl2O.C8H7ClO/c9-5-8(11)6-1-3-7(10)4-2-6;1-6(10)7-2-4-8(9)5-3-7/h1-4H,5H2;2-5H,1H3. The van der Waals surface area contributed by atoms with E-state index < -0.39 is 0 Å². The number of Topliss-reactive ketones (excluding diaryl/α,β-unsaturated/α-hetero) is 2. The number of benzene rings is 2. The first-order valence-corrected chi connectivity index (χ1v) is 7.34. The Labute approximate surface area is 138 Å². The summed E-state index contributed by atoms with van der Waals surface area (Å²) in [6.07, 6.45) is 0. The highest BCUT2D eigenvalue weighted by Gasteiger charge is 2.01. The average molecular weight is 344 g/mol. The van der Waals surface area contributed by atoms with Crippen molar-refractivity contribution in [2.24, 2.45) is 0 Å². The molecule has 0 aliphatic rings. The van der Waals surface area contributed by atoms with Crippen LogP contribution in [0, 0.1) is 0 Å². The van der Waals surface area contributed by atoms with E-state index >= 15 is 0 Å². The van der Waals surface area contributed by atoms with E-state index in [1.54, 1.807) is 48.5 Å². The molecule has 0 aliphatic carbocycles. The fraction of sp³-hybridized carbons (Fsp3) is 0.125. The highest BCUT2D eigenvalue weighted by Crippen LogP contribution is 2.10. The molecule has 110 valence electrons. The van der Waals surface area contributed by atoms with Crippen molar-refractivity contribution >= 4 is 46.4 Å². The van der Waals surface area contributed by atoms with E-state index in [0.717, 1.165) is 0 Å². The van der Waals surface area contributed by atoms with Crippen LogP contribution in [-0.4, -0.2) is 17.4 Å². The predicted molar refractivity (Wildman–Crippen MR) is 88.0 cm³/mol. The number of hydrogen-bond donors (Lipinski definition) is 0. The molecule has 0 aromatic heterocycles. The van der Waals surface area contributed by atoms with Crippen molar-refractivity contribution < 1.29 is 9.59 Å². The summed E-state index contributed by atoms with van der Waals surface area (Å²) in [7, 11) is 0. The number of rotatable bonds is 3. The average Bonchev–Trinajstić information content (AvgIpc) is 2.48. The van der Waals surface area contributed by atoms with E-state index in [1.807, 2.05) is 0 Å². The maximum Gasteiger partial charge on any atom is 0.177 e. The third kappa shape index (κ3) is 6.30. The number of ketones is 2. The molecule has 0 spiro atoms. The lowest BCUT2D eigenvalue weighted by Gasteiger charge is -1.95. The van der Waals surface area contributed by atoms with Gasteiger partial charge in [0.05, 0.1) is 5.88 Å². The predicted octanol–water partition coefficient (Wildman–Crippen LogP) is 5.30. The lowest BCUT2D eigenvalue weighted by Crippen LogP contribution is -1.98. The van der Waals surface area contributed by atoms with E-state index in [2.05, 4.69) is 0 Å². The number of carbonyl (C=O) groups excluding carboxylic acids is 2. The van der Waals surface area contributed by atoms with E-state index in [-0.39, 0.29) is 17.4 Å². The fourth-order valence-electron chi connectivity index (χ4n) is 1.40. The zero-order chi connectivity index (χ0) is 15.8. The van der Waals surface area contributed by atoms with Crippen LogP contribution in [0.5, 0.6) is 0 Å². The van der Waals surface area contributed by atoms with Gasteiger partial charge in [0, 0.05) is 21.2 Å². The van der Waals surface area contributed by atoms with Crippen molar-refractivity contribution in [1.82, 2.24) is 0 Å². The summed E-state index contributed by atoms with van der Waals surface area (Å²) in [6.45, 7) is 1.53. The SMILES string of the molecule is CC(=O)c1ccc(Cl)cc1.O=C(CCl)c1ccc(Cl)cc1. The van der Waals surface area contributed by atoms with Gasteiger partial charge < -0.3 is 0 Å². The van der Waals surface area contributed by atoms with Crippen molar-refractivity contribution in [2.75, 3.05) is 5.88 Å². The highest BCUT2D eigenvalue weighted by atomic mass is 35.5. The Bertz CT molecular complexity index is 604. The van der Waals surface area contributed by atoms with Crippen molar-refractivity contribution in [3.63, 3.8) is 0 Å². The van der Waals surface area contributed by atoms with Gasteiger partial charge >= 0.3 is 0 Å². The van der Waals surface area contributed by atoms with Gasteiger partial charge in [-0.25, -0.2) is 0 Å². The molecule has 0 saturated heterocycles. The zero-order valence-corrected chi connectivity index (χ0v) is 13.5. The quantitative estimate of drug-likeness (QED) is 0.559. The molecule has 0 bridgehead atoms. The Balaban J connectivity index is 0.000000211. The molecular formula is C16H13Cl3O2. The first kappa shape index (κ1) is 17.7. The maximum atomic E-state index is 10.9. The second-order valence-electron chi connectivity index (χ2n) is 4.13. The topological polar surface area (TPSA) is 34.1 Å². The van der Waals surface area contributed by atoms with Crippen LogP contribution in [0.25, 0.3) is 0 Å². The van der Waals surface area contributed by atoms with Crippen molar-refractivity contribution in [3.05, 3.63) is 69.7 Å². The smallest absolute Gasteiger partial charge is 0.177 e. The molecule has 0 N–H and O–H groups in total. The van der Waals surface area contributed by atoms with Crippen LogP contribution in [0.4, 0.5) is 0 Å². The Kier molecular flexibility index (Phi) is 7.44. The van der Waals surface area contributed by atoms with E-state index in [4.69, 9.17) is 34.8 Å². The number of halogens is 3. The normalized spacial score (nSPS) is 9.52. The minimum Gasteiger partial charge on any atom is -0.295 e. The minimum absolute atomic E-state index is 0.0155. The minimum atomic E-state index is -0.0802. The summed E-state index contributed by atoms with van der Waals surface area (Å²) in [5.74, 6) is 0.00162. The van der Waals surface area contributed by atoms with Gasteiger partial charge in [-0.05, 0) is 55.5 Å². The molecule has 0 unspecified atom stereocenters. The van der Waals surface area contributed by atoms with Gasteiger partial charge in [0.15, 0.2) is 11.6 Å². The van der Waals surface area contributed by atoms with Crippen LogP contribution in [0.1, 0.15) is 27.6 Å². The van der Waals surface area contributed by atoms with Gasteiger partial charge in [0.2, 0.25) is 0 Å². The lowest BCUT2D eigenvalue weighted by molar-refractivity contribution is 0.101. The van der Waals surface area contributed by atoms with Gasteiger partial charge in [-0.3, -0.25) is 9.59 Å². The fourth-order valence-corrected chi connectivity index (χ4v) is 1.80. The van der Waals surface area contributed by atoms with Crippen LogP contribution in [0.3, 0.4) is 0 Å². The molecule has 0 amide bonds. The second-order valence-corrected chi connectivity index (χ2v) is 5.27. The van der Waals surface area contributed by atoms with E-state index in [0.29, 0.717) is 21.2 Å². The number of hydrogen-bond acceptors (Lipinski definition) is 2.